The Hall–Kier alpha value is -3.17. The Morgan fingerprint density at radius 3 is 2.50 bits per heavy atom. The fourth-order valence-electron chi connectivity index (χ4n) is 6.11. The van der Waals surface area contributed by atoms with Gasteiger partial charge in [-0.3, -0.25) is 9.67 Å². The Morgan fingerprint density at radius 1 is 0.974 bits per heavy atom. The van der Waals surface area contributed by atoms with Gasteiger partial charge in [-0.15, -0.1) is 0 Å². The standard InChI is InChI=1S/C29H37FN8/c1-4-22-26(30)24(16-31-27(22)19-6-10-36(3)11-7-19)25-17-33-29-28(35-25)23(15-32-29)20-14-34-38(18-20)21-8-12-37(5-2)13-9-21/h14-19,21H,4-13H2,1-3H3,(H,32,33). The molecule has 200 valence electrons. The molecule has 0 atom stereocenters. The van der Waals surface area contributed by atoms with E-state index in [1.807, 2.05) is 19.3 Å². The number of hydrogen-bond donors (Lipinski definition) is 1. The maximum Gasteiger partial charge on any atom is 0.156 e. The van der Waals surface area contributed by atoms with Crippen LogP contribution in [0.15, 0.2) is 31.0 Å². The zero-order chi connectivity index (χ0) is 26.2. The van der Waals surface area contributed by atoms with Crippen molar-refractivity contribution < 1.29 is 4.39 Å². The monoisotopic (exact) mass is 516 g/mol. The minimum Gasteiger partial charge on any atom is -0.344 e. The van der Waals surface area contributed by atoms with Crippen LogP contribution in [0.3, 0.4) is 0 Å². The Labute approximate surface area is 223 Å². The summed E-state index contributed by atoms with van der Waals surface area (Å²) in [7, 11) is 2.14. The summed E-state index contributed by atoms with van der Waals surface area (Å²) in [5.74, 6) is 0.0914. The van der Waals surface area contributed by atoms with Gasteiger partial charge in [0.05, 0.1) is 29.7 Å². The van der Waals surface area contributed by atoms with Gasteiger partial charge in [-0.1, -0.05) is 13.8 Å². The fourth-order valence-corrected chi connectivity index (χ4v) is 6.11. The van der Waals surface area contributed by atoms with Crippen LogP contribution in [0.4, 0.5) is 4.39 Å². The summed E-state index contributed by atoms with van der Waals surface area (Å²) in [6, 6.07) is 0.411. The SMILES string of the molecule is CCc1c(C2CCN(C)CC2)ncc(-c2cnc3[nH]cc(-c4cnn(C5CCN(CC)CC5)c4)c3n2)c1F. The normalized spacial score (nSPS) is 18.5. The number of piperidine rings is 2. The lowest BCUT2D eigenvalue weighted by molar-refractivity contribution is 0.187. The maximum atomic E-state index is 15.9. The van der Waals surface area contributed by atoms with Crippen LogP contribution in [-0.2, 0) is 6.42 Å². The fraction of sp³-hybridized carbons (Fsp3) is 0.517. The molecule has 4 aromatic rings. The van der Waals surface area contributed by atoms with E-state index in [9.17, 15) is 0 Å². The number of nitrogens with zero attached hydrogens (tertiary/aromatic N) is 7. The number of nitrogens with one attached hydrogen (secondary N) is 1. The first-order chi connectivity index (χ1) is 18.6. The maximum absolute atomic E-state index is 15.9. The summed E-state index contributed by atoms with van der Waals surface area (Å²) in [6.07, 6.45) is 14.1. The van der Waals surface area contributed by atoms with Crippen LogP contribution in [0, 0.1) is 5.82 Å². The predicted octanol–water partition coefficient (Wildman–Crippen LogP) is 5.05. The van der Waals surface area contributed by atoms with Crippen molar-refractivity contribution in [2.45, 2.75) is 57.9 Å². The van der Waals surface area contributed by atoms with E-state index in [4.69, 9.17) is 15.1 Å². The highest BCUT2D eigenvalue weighted by Crippen LogP contribution is 2.35. The molecule has 0 radical (unpaired) electrons. The average Bonchev–Trinajstić information content (AvgIpc) is 3.60. The second kappa shape index (κ2) is 10.5. The molecule has 0 spiro atoms. The summed E-state index contributed by atoms with van der Waals surface area (Å²) in [5, 5.41) is 4.69. The Kier molecular flexibility index (Phi) is 6.97. The molecule has 9 heteroatoms. The molecule has 8 nitrogen and oxygen atoms in total. The van der Waals surface area contributed by atoms with Crippen molar-refractivity contribution in [2.75, 3.05) is 39.8 Å². The molecule has 2 saturated heterocycles. The quantitative estimate of drug-likeness (QED) is 0.386. The highest BCUT2D eigenvalue weighted by molar-refractivity contribution is 5.91. The van der Waals surface area contributed by atoms with Crippen molar-refractivity contribution in [3.63, 3.8) is 0 Å². The molecule has 0 saturated carbocycles. The molecule has 0 aliphatic carbocycles. The summed E-state index contributed by atoms with van der Waals surface area (Å²) in [5.41, 5.74) is 5.87. The first-order valence-electron chi connectivity index (χ1n) is 14.0. The highest BCUT2D eigenvalue weighted by Gasteiger charge is 2.26. The highest BCUT2D eigenvalue weighted by atomic mass is 19.1. The summed E-state index contributed by atoms with van der Waals surface area (Å²) < 4.78 is 18.0. The van der Waals surface area contributed by atoms with Gasteiger partial charge in [0, 0.05) is 60.0 Å². The van der Waals surface area contributed by atoms with Crippen molar-refractivity contribution in [2.24, 2.45) is 0 Å². The number of aromatic nitrogens is 6. The van der Waals surface area contributed by atoms with E-state index >= 15 is 4.39 Å². The molecular formula is C29H37FN8. The lowest BCUT2D eigenvalue weighted by atomic mass is 9.89. The molecule has 0 amide bonds. The second-order valence-corrected chi connectivity index (χ2v) is 10.8. The van der Waals surface area contributed by atoms with Gasteiger partial charge in [0.2, 0.25) is 0 Å². The van der Waals surface area contributed by atoms with Gasteiger partial charge in [-0.2, -0.15) is 5.10 Å². The van der Waals surface area contributed by atoms with Gasteiger partial charge in [0.1, 0.15) is 11.3 Å². The third-order valence-corrected chi connectivity index (χ3v) is 8.55. The number of pyridine rings is 1. The van der Waals surface area contributed by atoms with E-state index in [0.717, 1.165) is 80.7 Å². The van der Waals surface area contributed by atoms with Crippen molar-refractivity contribution in [1.29, 1.82) is 0 Å². The van der Waals surface area contributed by atoms with E-state index in [0.29, 0.717) is 40.8 Å². The van der Waals surface area contributed by atoms with Crippen molar-refractivity contribution in [3.05, 3.63) is 48.1 Å². The lowest BCUT2D eigenvalue weighted by Gasteiger charge is -2.31. The molecular weight excluding hydrogens is 479 g/mol. The van der Waals surface area contributed by atoms with Crippen LogP contribution >= 0.6 is 0 Å². The van der Waals surface area contributed by atoms with Gasteiger partial charge in [0.25, 0.3) is 0 Å². The van der Waals surface area contributed by atoms with Crippen LogP contribution in [-0.4, -0.2) is 79.3 Å². The molecule has 2 fully saturated rings. The van der Waals surface area contributed by atoms with Crippen molar-refractivity contribution >= 4 is 11.2 Å². The molecule has 38 heavy (non-hydrogen) atoms. The predicted molar refractivity (Wildman–Crippen MR) is 148 cm³/mol. The summed E-state index contributed by atoms with van der Waals surface area (Å²) in [4.78, 5) is 22.3. The van der Waals surface area contributed by atoms with E-state index in [1.54, 1.807) is 12.4 Å². The third-order valence-electron chi connectivity index (χ3n) is 8.55. The zero-order valence-electron chi connectivity index (χ0n) is 22.6. The van der Waals surface area contributed by atoms with Crippen LogP contribution < -0.4 is 0 Å². The molecule has 2 aliphatic rings. The van der Waals surface area contributed by atoms with E-state index in [-0.39, 0.29) is 5.82 Å². The number of aromatic amines is 1. The lowest BCUT2D eigenvalue weighted by Crippen LogP contribution is -2.34. The van der Waals surface area contributed by atoms with Crippen molar-refractivity contribution in [1.82, 2.24) is 39.5 Å². The zero-order valence-corrected chi connectivity index (χ0v) is 22.6. The van der Waals surface area contributed by atoms with Crippen LogP contribution in [0.1, 0.15) is 62.7 Å². The first kappa shape index (κ1) is 25.1. The summed E-state index contributed by atoms with van der Waals surface area (Å²) >= 11 is 0. The van der Waals surface area contributed by atoms with Crippen LogP contribution in [0.5, 0.6) is 0 Å². The van der Waals surface area contributed by atoms with E-state index < -0.39 is 0 Å². The second-order valence-electron chi connectivity index (χ2n) is 10.8. The molecule has 0 bridgehead atoms. The number of hydrogen-bond acceptors (Lipinski definition) is 6. The van der Waals surface area contributed by atoms with Gasteiger partial charge in [-0.25, -0.2) is 14.4 Å². The van der Waals surface area contributed by atoms with Crippen molar-refractivity contribution in [3.8, 4) is 22.4 Å². The molecule has 0 unspecified atom stereocenters. The topological polar surface area (TPSA) is 78.8 Å². The molecule has 6 rings (SSSR count). The smallest absolute Gasteiger partial charge is 0.156 e. The van der Waals surface area contributed by atoms with Crippen LogP contribution in [0.2, 0.25) is 0 Å². The summed E-state index contributed by atoms with van der Waals surface area (Å²) in [6.45, 7) is 9.57. The van der Waals surface area contributed by atoms with Gasteiger partial charge >= 0.3 is 0 Å². The molecule has 0 aromatic carbocycles. The molecule has 1 N–H and O–H groups in total. The minimum absolute atomic E-state index is 0.214. The first-order valence-corrected chi connectivity index (χ1v) is 14.0. The number of fused-ring (bicyclic) bond motifs is 1. The number of H-pyrrole nitrogens is 1. The van der Waals surface area contributed by atoms with Gasteiger partial charge in [-0.05, 0) is 58.8 Å². The minimum atomic E-state index is -0.214. The third kappa shape index (κ3) is 4.62. The number of rotatable bonds is 6. The molecule has 2 aliphatic heterocycles. The Morgan fingerprint density at radius 2 is 1.76 bits per heavy atom. The van der Waals surface area contributed by atoms with Gasteiger partial charge < -0.3 is 14.8 Å². The molecule has 4 aromatic heterocycles. The largest absolute Gasteiger partial charge is 0.344 e. The van der Waals surface area contributed by atoms with E-state index in [1.165, 1.54) is 0 Å². The number of likely N-dealkylation sites (tertiary alicyclic amines) is 2. The number of halogens is 1. The molecule has 6 heterocycles. The van der Waals surface area contributed by atoms with Gasteiger partial charge in [0.15, 0.2) is 5.65 Å². The van der Waals surface area contributed by atoms with Crippen LogP contribution in [0.25, 0.3) is 33.5 Å². The average molecular weight is 517 g/mol. The Bertz CT molecular complexity index is 1410. The van der Waals surface area contributed by atoms with E-state index in [2.05, 4.69) is 44.6 Å². The Balaban J connectivity index is 1.30.